The van der Waals surface area contributed by atoms with E-state index < -0.39 is 0 Å². The molecule has 0 atom stereocenters. The zero-order valence-corrected chi connectivity index (χ0v) is 11.6. The van der Waals surface area contributed by atoms with Gasteiger partial charge in [-0.2, -0.15) is 0 Å². The van der Waals surface area contributed by atoms with Crippen molar-refractivity contribution in [1.29, 1.82) is 0 Å². The third kappa shape index (κ3) is 4.69. The van der Waals surface area contributed by atoms with E-state index in [2.05, 4.69) is 47.5 Å². The van der Waals surface area contributed by atoms with Crippen LogP contribution in [0, 0.1) is 0 Å². The van der Waals surface area contributed by atoms with Gasteiger partial charge in [0, 0.05) is 24.8 Å². The van der Waals surface area contributed by atoms with Crippen LogP contribution in [-0.2, 0) is 0 Å². The Kier molecular flexibility index (Phi) is 5.53. The summed E-state index contributed by atoms with van der Waals surface area (Å²) in [7, 11) is 0. The zero-order chi connectivity index (χ0) is 12.6. The second-order valence-corrected chi connectivity index (χ2v) is 5.20. The Hall–Kier alpha value is -1.02. The number of benzene rings is 1. The lowest BCUT2D eigenvalue weighted by Crippen LogP contribution is -2.24. The van der Waals surface area contributed by atoms with Crippen molar-refractivity contribution >= 4 is 5.69 Å². The Morgan fingerprint density at radius 1 is 1.11 bits per heavy atom. The van der Waals surface area contributed by atoms with Gasteiger partial charge in [0.15, 0.2) is 0 Å². The molecule has 1 fully saturated rings. The second-order valence-electron chi connectivity index (χ2n) is 5.20. The van der Waals surface area contributed by atoms with Gasteiger partial charge >= 0.3 is 0 Å². The fraction of sp³-hybridized carbons (Fsp3) is 0.625. The van der Waals surface area contributed by atoms with E-state index in [4.69, 9.17) is 0 Å². The van der Waals surface area contributed by atoms with Crippen LogP contribution in [0.3, 0.4) is 0 Å². The third-order valence-corrected chi connectivity index (χ3v) is 3.62. The lowest BCUT2D eigenvalue weighted by Gasteiger charge is -2.23. The Morgan fingerprint density at radius 3 is 2.56 bits per heavy atom. The van der Waals surface area contributed by atoms with Gasteiger partial charge in [0.1, 0.15) is 0 Å². The number of hydrogen-bond donors (Lipinski definition) is 1. The van der Waals surface area contributed by atoms with Crippen LogP contribution < -0.4 is 10.2 Å². The lowest BCUT2D eigenvalue weighted by molar-refractivity contribution is 0.595. The molecule has 1 aliphatic carbocycles. The third-order valence-electron chi connectivity index (χ3n) is 3.62. The molecule has 0 amide bonds. The van der Waals surface area contributed by atoms with Crippen LogP contribution in [0.15, 0.2) is 30.3 Å². The van der Waals surface area contributed by atoms with E-state index in [0.29, 0.717) is 0 Å². The molecule has 0 heterocycles. The Balaban J connectivity index is 1.58. The molecule has 1 aromatic carbocycles. The van der Waals surface area contributed by atoms with Gasteiger partial charge in [-0.25, -0.2) is 0 Å². The van der Waals surface area contributed by atoms with Gasteiger partial charge in [-0.1, -0.05) is 24.6 Å². The number of rotatable bonds is 9. The molecule has 0 radical (unpaired) electrons. The summed E-state index contributed by atoms with van der Waals surface area (Å²) in [4.78, 5) is 2.47. The normalized spacial score (nSPS) is 14.7. The molecule has 0 unspecified atom stereocenters. The van der Waals surface area contributed by atoms with Crippen molar-refractivity contribution in [2.75, 3.05) is 24.5 Å². The minimum atomic E-state index is 0.862. The summed E-state index contributed by atoms with van der Waals surface area (Å²) >= 11 is 0. The first-order valence-electron chi connectivity index (χ1n) is 7.43. The number of unbranched alkanes of at least 4 members (excludes halogenated alkanes) is 2. The summed E-state index contributed by atoms with van der Waals surface area (Å²) in [5.74, 6) is 0. The van der Waals surface area contributed by atoms with E-state index in [0.717, 1.165) is 12.6 Å². The first kappa shape index (κ1) is 13.4. The number of anilines is 1. The van der Waals surface area contributed by atoms with Gasteiger partial charge in [-0.3, -0.25) is 0 Å². The van der Waals surface area contributed by atoms with E-state index in [1.807, 2.05) is 0 Å². The van der Waals surface area contributed by atoms with E-state index in [9.17, 15) is 0 Å². The van der Waals surface area contributed by atoms with Crippen LogP contribution in [0.5, 0.6) is 0 Å². The van der Waals surface area contributed by atoms with Gasteiger partial charge in [-0.05, 0) is 51.3 Å². The fourth-order valence-corrected chi connectivity index (χ4v) is 2.31. The number of nitrogens with one attached hydrogen (secondary N) is 1. The van der Waals surface area contributed by atoms with Crippen LogP contribution in [0.4, 0.5) is 5.69 Å². The van der Waals surface area contributed by atoms with Gasteiger partial charge < -0.3 is 10.2 Å². The lowest BCUT2D eigenvalue weighted by atomic mass is 10.2. The summed E-state index contributed by atoms with van der Waals surface area (Å²) in [6.07, 6.45) is 6.76. The Labute approximate surface area is 111 Å². The van der Waals surface area contributed by atoms with E-state index >= 15 is 0 Å². The highest BCUT2D eigenvalue weighted by Crippen LogP contribution is 2.18. The monoisotopic (exact) mass is 246 g/mol. The minimum absolute atomic E-state index is 0.862. The molecular weight excluding hydrogens is 220 g/mol. The van der Waals surface area contributed by atoms with Crippen LogP contribution >= 0.6 is 0 Å². The predicted molar refractivity (Wildman–Crippen MR) is 79.2 cm³/mol. The molecule has 1 N–H and O–H groups in total. The second kappa shape index (κ2) is 7.42. The topological polar surface area (TPSA) is 15.3 Å². The summed E-state index contributed by atoms with van der Waals surface area (Å²) < 4.78 is 0. The highest BCUT2D eigenvalue weighted by Gasteiger charge is 2.19. The van der Waals surface area contributed by atoms with Crippen LogP contribution in [0.1, 0.15) is 39.0 Å². The summed E-state index contributed by atoms with van der Waals surface area (Å²) in [6.45, 7) is 5.73. The van der Waals surface area contributed by atoms with Gasteiger partial charge in [0.05, 0.1) is 0 Å². The quantitative estimate of drug-likeness (QED) is 0.672. The number of hydrogen-bond acceptors (Lipinski definition) is 2. The smallest absolute Gasteiger partial charge is 0.0366 e. The molecule has 1 saturated carbocycles. The molecule has 100 valence electrons. The molecule has 18 heavy (non-hydrogen) atoms. The molecule has 0 aliphatic heterocycles. The van der Waals surface area contributed by atoms with Crippen LogP contribution in [-0.4, -0.2) is 25.7 Å². The number of para-hydroxylation sites is 1. The van der Waals surface area contributed by atoms with E-state index in [1.54, 1.807) is 0 Å². The average molecular weight is 246 g/mol. The summed E-state index contributed by atoms with van der Waals surface area (Å²) in [6, 6.07) is 11.6. The summed E-state index contributed by atoms with van der Waals surface area (Å²) in [5, 5.41) is 3.58. The van der Waals surface area contributed by atoms with E-state index in [-0.39, 0.29) is 0 Å². The van der Waals surface area contributed by atoms with E-state index in [1.165, 1.54) is 50.9 Å². The first-order chi connectivity index (χ1) is 8.90. The van der Waals surface area contributed by atoms with Crippen LogP contribution in [0.25, 0.3) is 0 Å². The zero-order valence-electron chi connectivity index (χ0n) is 11.6. The van der Waals surface area contributed by atoms with Crippen molar-refractivity contribution in [3.63, 3.8) is 0 Å². The maximum atomic E-state index is 3.58. The molecule has 0 aromatic heterocycles. The van der Waals surface area contributed by atoms with Crippen molar-refractivity contribution in [1.82, 2.24) is 5.32 Å². The highest BCUT2D eigenvalue weighted by atomic mass is 15.1. The maximum Gasteiger partial charge on any atom is 0.0366 e. The minimum Gasteiger partial charge on any atom is -0.372 e. The molecule has 0 saturated heterocycles. The molecule has 1 aromatic rings. The molecule has 2 heteroatoms. The molecular formula is C16H26N2. The number of nitrogens with zero attached hydrogens (tertiary/aromatic N) is 1. The molecule has 0 bridgehead atoms. The molecule has 0 spiro atoms. The highest BCUT2D eigenvalue weighted by molar-refractivity contribution is 5.45. The average Bonchev–Trinajstić information content (AvgIpc) is 3.23. The fourth-order valence-electron chi connectivity index (χ4n) is 2.31. The summed E-state index contributed by atoms with van der Waals surface area (Å²) in [5.41, 5.74) is 1.36. The van der Waals surface area contributed by atoms with Crippen LogP contribution in [0.2, 0.25) is 0 Å². The molecule has 2 nitrogen and oxygen atoms in total. The molecule has 2 rings (SSSR count). The Bertz CT molecular complexity index is 319. The largest absolute Gasteiger partial charge is 0.372 e. The first-order valence-corrected chi connectivity index (χ1v) is 7.43. The van der Waals surface area contributed by atoms with Crippen molar-refractivity contribution in [3.8, 4) is 0 Å². The maximum absolute atomic E-state index is 3.58. The van der Waals surface area contributed by atoms with Gasteiger partial charge in [-0.15, -0.1) is 0 Å². The van der Waals surface area contributed by atoms with Crippen molar-refractivity contribution in [2.45, 2.75) is 45.1 Å². The van der Waals surface area contributed by atoms with Gasteiger partial charge in [0.25, 0.3) is 0 Å². The molecule has 1 aliphatic rings. The Morgan fingerprint density at radius 2 is 1.89 bits per heavy atom. The van der Waals surface area contributed by atoms with Gasteiger partial charge in [0.2, 0.25) is 0 Å². The predicted octanol–water partition coefficient (Wildman–Crippen LogP) is 3.44. The van der Waals surface area contributed by atoms with Crippen molar-refractivity contribution < 1.29 is 0 Å². The van der Waals surface area contributed by atoms with Crippen molar-refractivity contribution in [2.24, 2.45) is 0 Å². The SMILES string of the molecule is CCN(CCCCCNC1CC1)c1ccccc1. The van der Waals surface area contributed by atoms with Crippen molar-refractivity contribution in [3.05, 3.63) is 30.3 Å². The standard InChI is InChI=1S/C16H26N2/c1-2-18(16-9-5-3-6-10-16)14-8-4-7-13-17-15-11-12-15/h3,5-6,9-10,15,17H,2,4,7-8,11-14H2,1H3.